The predicted molar refractivity (Wildman–Crippen MR) is 64.1 cm³/mol. The van der Waals surface area contributed by atoms with Crippen LogP contribution in [-0.4, -0.2) is 44.1 Å². The molecule has 0 aliphatic rings. The van der Waals surface area contributed by atoms with E-state index in [0.29, 0.717) is 6.61 Å². The lowest BCUT2D eigenvalue weighted by Gasteiger charge is -2.05. The van der Waals surface area contributed by atoms with Gasteiger partial charge in [0.2, 0.25) is 0 Å². The summed E-state index contributed by atoms with van der Waals surface area (Å²) in [7, 11) is 3.05. The van der Waals surface area contributed by atoms with E-state index >= 15 is 0 Å². The topological polar surface area (TPSA) is 36.9 Å². The van der Waals surface area contributed by atoms with Crippen molar-refractivity contribution in [3.63, 3.8) is 0 Å². The molecule has 0 N–H and O–H groups in total. The molecule has 0 amide bonds. The zero-order valence-corrected chi connectivity index (χ0v) is 11.7. The van der Waals surface area contributed by atoms with Gasteiger partial charge in [-0.15, -0.1) is 0 Å². The fourth-order valence-corrected chi connectivity index (χ4v) is 1.26. The highest BCUT2D eigenvalue weighted by Gasteiger charge is 2.04. The average molecular weight is 236 g/mol. The van der Waals surface area contributed by atoms with E-state index in [-0.39, 0.29) is 0 Å². The Labute approximate surface area is 95.1 Å². The molecule has 0 spiro atoms. The molecule has 0 unspecified atom stereocenters. The summed E-state index contributed by atoms with van der Waals surface area (Å²) in [4.78, 5) is 0. The van der Waals surface area contributed by atoms with Crippen LogP contribution in [0, 0.1) is 0 Å². The van der Waals surface area contributed by atoms with Crippen molar-refractivity contribution in [2.45, 2.75) is 20.3 Å². The van der Waals surface area contributed by atoms with Gasteiger partial charge >= 0.3 is 9.53 Å². The lowest BCUT2D eigenvalue weighted by atomic mass is 10.4. The van der Waals surface area contributed by atoms with Crippen LogP contribution in [0.5, 0.6) is 0 Å². The van der Waals surface area contributed by atoms with Gasteiger partial charge in [-0.05, 0) is 13.3 Å². The Morgan fingerprint density at radius 3 is 1.80 bits per heavy atom. The highest BCUT2D eigenvalue weighted by molar-refractivity contribution is 6.36. The molecule has 0 aromatic carbocycles. The summed E-state index contributed by atoms with van der Waals surface area (Å²) in [6.07, 6.45) is 1.09. The largest absolute Gasteiger partial charge is 0.483 e. The molecular formula is C10H24O4Si. The van der Waals surface area contributed by atoms with Gasteiger partial charge in [0.25, 0.3) is 0 Å². The maximum absolute atomic E-state index is 5.14. The SMILES string of the molecule is C=C(C)COCCC.CO[SiH](OC)OC. The maximum Gasteiger partial charge on any atom is 0.483 e. The average Bonchev–Trinajstić information content (AvgIpc) is 2.21. The Hall–Kier alpha value is -0.203. The van der Waals surface area contributed by atoms with Crippen LogP contribution >= 0.6 is 0 Å². The van der Waals surface area contributed by atoms with Crippen LogP contribution < -0.4 is 0 Å². The summed E-state index contributed by atoms with van der Waals surface area (Å²) >= 11 is 0. The Balaban J connectivity index is 0. The van der Waals surface area contributed by atoms with E-state index < -0.39 is 9.53 Å². The molecule has 15 heavy (non-hydrogen) atoms. The third kappa shape index (κ3) is 16.5. The lowest BCUT2D eigenvalue weighted by Crippen LogP contribution is -2.21. The summed E-state index contributed by atoms with van der Waals surface area (Å²) in [5, 5.41) is 0. The number of rotatable bonds is 7. The highest BCUT2D eigenvalue weighted by Crippen LogP contribution is 1.88. The monoisotopic (exact) mass is 236 g/mol. The molecule has 0 saturated heterocycles. The van der Waals surface area contributed by atoms with Crippen molar-refractivity contribution in [1.29, 1.82) is 0 Å². The third-order valence-corrected chi connectivity index (χ3v) is 2.43. The van der Waals surface area contributed by atoms with Crippen LogP contribution in [0.4, 0.5) is 0 Å². The lowest BCUT2D eigenvalue weighted by molar-refractivity contribution is 0.157. The van der Waals surface area contributed by atoms with E-state index in [0.717, 1.165) is 18.6 Å². The number of hydrogen-bond donors (Lipinski definition) is 0. The molecule has 0 aliphatic heterocycles. The van der Waals surface area contributed by atoms with E-state index in [1.165, 1.54) is 0 Å². The van der Waals surface area contributed by atoms with Crippen LogP contribution in [0.25, 0.3) is 0 Å². The second-order valence-electron chi connectivity index (χ2n) is 3.01. The molecule has 0 saturated carbocycles. The Morgan fingerprint density at radius 2 is 1.60 bits per heavy atom. The van der Waals surface area contributed by atoms with Crippen LogP contribution in [0.3, 0.4) is 0 Å². The summed E-state index contributed by atoms with van der Waals surface area (Å²) in [5.74, 6) is 0. The Bertz CT molecular complexity index is 132. The van der Waals surface area contributed by atoms with Gasteiger partial charge < -0.3 is 18.0 Å². The van der Waals surface area contributed by atoms with Gasteiger partial charge in [0.1, 0.15) is 0 Å². The fraction of sp³-hybridized carbons (Fsp3) is 0.800. The molecule has 0 rings (SSSR count). The zero-order chi connectivity index (χ0) is 12.1. The van der Waals surface area contributed by atoms with Crippen molar-refractivity contribution in [3.8, 4) is 0 Å². The summed E-state index contributed by atoms with van der Waals surface area (Å²) in [5.41, 5.74) is 1.10. The van der Waals surface area contributed by atoms with Crippen molar-refractivity contribution in [2.24, 2.45) is 0 Å². The maximum atomic E-state index is 5.14. The molecular weight excluding hydrogens is 212 g/mol. The highest BCUT2D eigenvalue weighted by atomic mass is 28.3. The molecule has 5 heteroatoms. The predicted octanol–water partition coefficient (Wildman–Crippen LogP) is 1.63. The molecule has 0 fully saturated rings. The van der Waals surface area contributed by atoms with Crippen molar-refractivity contribution in [2.75, 3.05) is 34.5 Å². The molecule has 0 atom stereocenters. The van der Waals surface area contributed by atoms with Gasteiger partial charge in [-0.2, -0.15) is 0 Å². The van der Waals surface area contributed by atoms with Gasteiger partial charge in [-0.1, -0.05) is 19.1 Å². The normalized spacial score (nSPS) is 9.73. The molecule has 0 bridgehead atoms. The first kappa shape index (κ1) is 17.2. The number of ether oxygens (including phenoxy) is 1. The van der Waals surface area contributed by atoms with E-state index in [4.69, 9.17) is 18.0 Å². The number of hydrogen-bond acceptors (Lipinski definition) is 4. The van der Waals surface area contributed by atoms with Gasteiger partial charge in [-0.25, -0.2) is 0 Å². The van der Waals surface area contributed by atoms with E-state index in [9.17, 15) is 0 Å². The first-order chi connectivity index (χ1) is 7.12. The minimum atomic E-state index is -1.67. The second kappa shape index (κ2) is 13.8. The van der Waals surface area contributed by atoms with Gasteiger partial charge in [0.05, 0.1) is 6.61 Å². The molecule has 0 heterocycles. The molecule has 0 aromatic rings. The van der Waals surface area contributed by atoms with E-state index in [1.807, 2.05) is 6.92 Å². The van der Waals surface area contributed by atoms with Crippen molar-refractivity contribution >= 4 is 9.53 Å². The summed E-state index contributed by atoms with van der Waals surface area (Å²) in [6, 6.07) is 0. The van der Waals surface area contributed by atoms with Gasteiger partial charge in [0, 0.05) is 27.9 Å². The molecule has 0 aliphatic carbocycles. The van der Waals surface area contributed by atoms with Gasteiger partial charge in [-0.3, -0.25) is 0 Å². The Morgan fingerprint density at radius 1 is 1.13 bits per heavy atom. The Kier molecular flexibility index (Phi) is 15.8. The van der Waals surface area contributed by atoms with Crippen LogP contribution in [0.1, 0.15) is 20.3 Å². The van der Waals surface area contributed by atoms with Gasteiger partial charge in [0.15, 0.2) is 0 Å². The first-order valence-corrected chi connectivity index (χ1v) is 6.34. The van der Waals surface area contributed by atoms with Crippen molar-refractivity contribution in [3.05, 3.63) is 12.2 Å². The smallest absolute Gasteiger partial charge is 0.379 e. The summed E-state index contributed by atoms with van der Waals surface area (Å²) in [6.45, 7) is 9.34. The minimum Gasteiger partial charge on any atom is -0.379 e. The minimum absolute atomic E-state index is 0.716. The van der Waals surface area contributed by atoms with E-state index in [1.54, 1.807) is 21.3 Å². The second-order valence-corrected chi connectivity index (χ2v) is 5.00. The van der Waals surface area contributed by atoms with Crippen LogP contribution in [-0.2, 0) is 18.0 Å². The standard InChI is InChI=1S/C7H14O.C3H10O3Si/c1-4-5-8-6-7(2)3;1-4-7(5-2)6-3/h2,4-6H2,1,3H3;7H,1-3H3. The van der Waals surface area contributed by atoms with Crippen LogP contribution in [0.2, 0.25) is 0 Å². The molecule has 92 valence electrons. The fourth-order valence-electron chi connectivity index (χ4n) is 0.679. The van der Waals surface area contributed by atoms with Crippen molar-refractivity contribution in [1.82, 2.24) is 0 Å². The molecule has 0 radical (unpaired) electrons. The van der Waals surface area contributed by atoms with Crippen LogP contribution in [0.15, 0.2) is 12.2 Å². The van der Waals surface area contributed by atoms with Crippen molar-refractivity contribution < 1.29 is 18.0 Å². The third-order valence-electron chi connectivity index (χ3n) is 1.27. The van der Waals surface area contributed by atoms with E-state index in [2.05, 4.69) is 13.5 Å². The zero-order valence-electron chi connectivity index (χ0n) is 10.5. The molecule has 0 aromatic heterocycles. The summed E-state index contributed by atoms with van der Waals surface area (Å²) < 4.78 is 19.4. The molecule has 4 nitrogen and oxygen atoms in total. The quantitative estimate of drug-likeness (QED) is 0.382. The first-order valence-electron chi connectivity index (χ1n) is 4.92.